The van der Waals surface area contributed by atoms with Gasteiger partial charge < -0.3 is 9.80 Å². The second-order valence-electron chi connectivity index (χ2n) is 6.29. The third-order valence-electron chi connectivity index (χ3n) is 4.56. The van der Waals surface area contributed by atoms with Gasteiger partial charge in [-0.1, -0.05) is 12.5 Å². The number of nitrogens with zero attached hydrogens (tertiary/aromatic N) is 3. The fraction of sp³-hybridized carbons (Fsp3) is 0.588. The number of fused-ring (bicyclic) bond motifs is 1. The molecule has 2 heterocycles. The van der Waals surface area contributed by atoms with E-state index in [4.69, 9.17) is 0 Å². The maximum atomic E-state index is 11.8. The Kier molecular flexibility index (Phi) is 5.39. The quantitative estimate of drug-likeness (QED) is 0.808. The predicted molar refractivity (Wildman–Crippen MR) is 92.5 cm³/mol. The molecule has 1 aromatic rings. The minimum absolute atomic E-state index is 0.862. The lowest BCUT2D eigenvalue weighted by Crippen LogP contribution is -2.37. The number of hydrogen-bond donors (Lipinski definition) is 0. The molecule has 0 spiro atoms. The highest BCUT2D eigenvalue weighted by Crippen LogP contribution is 2.28. The summed E-state index contributed by atoms with van der Waals surface area (Å²) in [5.74, 6) is 0. The normalized spacial score (nSPS) is 21.5. The molecule has 5 heteroatoms. The summed E-state index contributed by atoms with van der Waals surface area (Å²) in [6, 6.07) is 6.15. The first kappa shape index (κ1) is 15.8. The topological polar surface area (TPSA) is 35.9 Å². The van der Waals surface area contributed by atoms with Crippen LogP contribution >= 0.6 is 0 Å². The monoisotopic (exact) mass is 319 g/mol. The largest absolute Gasteiger partial charge is 0.305 e. The van der Waals surface area contributed by atoms with Gasteiger partial charge in [0.2, 0.25) is 0 Å². The van der Waals surface area contributed by atoms with E-state index in [2.05, 4.69) is 34.0 Å². The second-order valence-corrected chi connectivity index (χ2v) is 7.54. The maximum absolute atomic E-state index is 11.8. The van der Waals surface area contributed by atoms with Crippen LogP contribution in [0.3, 0.4) is 0 Å². The Morgan fingerprint density at radius 3 is 2.86 bits per heavy atom. The van der Waals surface area contributed by atoms with Gasteiger partial charge >= 0.3 is 0 Å². The first-order chi connectivity index (χ1) is 10.7. The SMILES string of the molecule is CN(CCc1ccc2c(c1)S(=O)C=N2)CCN1CCCCC1. The van der Waals surface area contributed by atoms with E-state index in [1.807, 2.05) is 6.07 Å². The van der Waals surface area contributed by atoms with Gasteiger partial charge in [0.15, 0.2) is 0 Å². The third-order valence-corrected chi connectivity index (χ3v) is 5.61. The number of likely N-dealkylation sites (tertiary alicyclic amines) is 1. The number of rotatable bonds is 6. The minimum atomic E-state index is -1.04. The molecule has 22 heavy (non-hydrogen) atoms. The highest BCUT2D eigenvalue weighted by atomic mass is 32.2. The van der Waals surface area contributed by atoms with Gasteiger partial charge in [-0.05, 0) is 57.1 Å². The zero-order valence-electron chi connectivity index (χ0n) is 13.3. The molecule has 0 aliphatic carbocycles. The molecule has 0 bridgehead atoms. The van der Waals surface area contributed by atoms with Gasteiger partial charge in [-0.2, -0.15) is 0 Å². The highest BCUT2D eigenvalue weighted by Gasteiger charge is 2.14. The molecule has 0 amide bonds. The molecule has 3 rings (SSSR count). The summed E-state index contributed by atoms with van der Waals surface area (Å²) in [5, 5.41) is 0. The molecule has 2 aliphatic rings. The van der Waals surface area contributed by atoms with Gasteiger partial charge in [-0.3, -0.25) is 0 Å². The number of hydrogen-bond acceptors (Lipinski definition) is 4. The van der Waals surface area contributed by atoms with Crippen molar-refractivity contribution in [2.75, 3.05) is 39.8 Å². The van der Waals surface area contributed by atoms with E-state index in [0.29, 0.717) is 0 Å². The molecule has 4 nitrogen and oxygen atoms in total. The van der Waals surface area contributed by atoms with Crippen molar-refractivity contribution >= 4 is 22.0 Å². The molecule has 1 unspecified atom stereocenters. The number of piperidine rings is 1. The van der Waals surface area contributed by atoms with Crippen molar-refractivity contribution in [3.63, 3.8) is 0 Å². The average Bonchev–Trinajstić information content (AvgIpc) is 2.93. The molecule has 0 saturated carbocycles. The minimum Gasteiger partial charge on any atom is -0.305 e. The Hall–Kier alpha value is -1.04. The fourth-order valence-corrected chi connectivity index (χ4v) is 3.99. The average molecular weight is 319 g/mol. The second kappa shape index (κ2) is 7.49. The van der Waals surface area contributed by atoms with Gasteiger partial charge in [-0.15, -0.1) is 0 Å². The molecule has 1 saturated heterocycles. The van der Waals surface area contributed by atoms with Crippen LogP contribution in [0, 0.1) is 0 Å². The lowest BCUT2D eigenvalue weighted by molar-refractivity contribution is 0.197. The van der Waals surface area contributed by atoms with Crippen LogP contribution in [0.5, 0.6) is 0 Å². The van der Waals surface area contributed by atoms with Crippen LogP contribution in [-0.4, -0.2) is 59.3 Å². The van der Waals surface area contributed by atoms with E-state index >= 15 is 0 Å². The van der Waals surface area contributed by atoms with Gasteiger partial charge in [-0.25, -0.2) is 9.20 Å². The van der Waals surface area contributed by atoms with Gasteiger partial charge in [0, 0.05) is 19.6 Å². The van der Waals surface area contributed by atoms with Gasteiger partial charge in [0.05, 0.1) is 26.9 Å². The fourth-order valence-electron chi connectivity index (χ4n) is 3.07. The van der Waals surface area contributed by atoms with E-state index in [0.717, 1.165) is 30.1 Å². The van der Waals surface area contributed by atoms with Crippen molar-refractivity contribution < 1.29 is 4.21 Å². The van der Waals surface area contributed by atoms with Crippen LogP contribution in [0.25, 0.3) is 0 Å². The van der Waals surface area contributed by atoms with Crippen molar-refractivity contribution in [3.05, 3.63) is 23.8 Å². The molecule has 0 N–H and O–H groups in total. The first-order valence-corrected chi connectivity index (χ1v) is 9.42. The van der Waals surface area contributed by atoms with Crippen molar-refractivity contribution in [1.82, 2.24) is 9.80 Å². The van der Waals surface area contributed by atoms with Crippen molar-refractivity contribution in [1.29, 1.82) is 0 Å². The Labute approximate surface area is 135 Å². The molecule has 2 aliphatic heterocycles. The van der Waals surface area contributed by atoms with E-state index in [9.17, 15) is 4.21 Å². The summed E-state index contributed by atoms with van der Waals surface area (Å²) in [5.41, 5.74) is 3.64. The number of likely N-dealkylation sites (N-methyl/N-ethyl adjacent to an activating group) is 1. The van der Waals surface area contributed by atoms with Crippen molar-refractivity contribution in [2.45, 2.75) is 30.6 Å². The summed E-state index contributed by atoms with van der Waals surface area (Å²) < 4.78 is 11.8. The Morgan fingerprint density at radius 1 is 1.23 bits per heavy atom. The number of benzene rings is 1. The van der Waals surface area contributed by atoms with Crippen LogP contribution in [-0.2, 0) is 17.2 Å². The Balaban J connectivity index is 1.44. The zero-order chi connectivity index (χ0) is 15.4. The molecule has 1 fully saturated rings. The first-order valence-electron chi connectivity index (χ1n) is 8.21. The van der Waals surface area contributed by atoms with E-state index < -0.39 is 10.8 Å². The van der Waals surface area contributed by atoms with Crippen molar-refractivity contribution in [2.24, 2.45) is 4.99 Å². The lowest BCUT2D eigenvalue weighted by Gasteiger charge is -2.28. The molecular formula is C17H25N3OS. The zero-order valence-corrected chi connectivity index (χ0v) is 14.1. The Morgan fingerprint density at radius 2 is 2.05 bits per heavy atom. The standard InChI is InChI=1S/C17H25N3OS/c1-19(11-12-20-8-3-2-4-9-20)10-7-15-5-6-16-17(13-15)22(21)14-18-16/h5-6,13-14H,2-4,7-12H2,1H3. The molecule has 0 radical (unpaired) electrons. The van der Waals surface area contributed by atoms with Crippen LogP contribution in [0.4, 0.5) is 5.69 Å². The van der Waals surface area contributed by atoms with Crippen LogP contribution < -0.4 is 0 Å². The summed E-state index contributed by atoms with van der Waals surface area (Å²) in [7, 11) is 1.15. The molecular weight excluding hydrogens is 294 g/mol. The van der Waals surface area contributed by atoms with Crippen LogP contribution in [0.2, 0.25) is 0 Å². The maximum Gasteiger partial charge on any atom is 0.0984 e. The van der Waals surface area contributed by atoms with Gasteiger partial charge in [0.25, 0.3) is 0 Å². The summed E-state index contributed by atoms with van der Waals surface area (Å²) in [4.78, 5) is 10.0. The molecule has 120 valence electrons. The summed E-state index contributed by atoms with van der Waals surface area (Å²) in [6.07, 6.45) is 5.12. The molecule has 1 aromatic carbocycles. The van der Waals surface area contributed by atoms with Gasteiger partial charge in [0.1, 0.15) is 0 Å². The number of aliphatic imine (C=N–C) groups is 1. The van der Waals surface area contributed by atoms with E-state index in [-0.39, 0.29) is 0 Å². The van der Waals surface area contributed by atoms with E-state index in [1.54, 1.807) is 0 Å². The lowest BCUT2D eigenvalue weighted by atomic mass is 10.1. The van der Waals surface area contributed by atoms with Crippen molar-refractivity contribution in [3.8, 4) is 0 Å². The predicted octanol–water partition coefficient (Wildman–Crippen LogP) is 2.43. The Bertz CT molecular complexity index is 567. The van der Waals surface area contributed by atoms with Crippen LogP contribution in [0.1, 0.15) is 24.8 Å². The third kappa shape index (κ3) is 4.03. The summed E-state index contributed by atoms with van der Waals surface area (Å²) >= 11 is 0. The van der Waals surface area contributed by atoms with Crippen LogP contribution in [0.15, 0.2) is 28.1 Å². The molecule has 0 aromatic heterocycles. The smallest absolute Gasteiger partial charge is 0.0984 e. The molecule has 1 atom stereocenters. The highest BCUT2D eigenvalue weighted by molar-refractivity contribution is 7.99. The summed E-state index contributed by atoms with van der Waals surface area (Å²) in [6.45, 7) is 5.88. The van der Waals surface area contributed by atoms with E-state index in [1.165, 1.54) is 50.0 Å².